The van der Waals surface area contributed by atoms with Crippen LogP contribution < -0.4 is 0 Å². The number of Topliss-reactive ketones (excluding diaryl/α,β-unsaturated/α-hetero) is 1. The van der Waals surface area contributed by atoms with Crippen molar-refractivity contribution < 1.29 is 23.6 Å². The first-order valence-electron chi connectivity index (χ1n) is 9.79. The molecule has 1 fully saturated rings. The summed E-state index contributed by atoms with van der Waals surface area (Å²) in [6.45, 7) is 3.77. The number of carbonyl (C=O) groups is 4. The number of hydrogen-bond donors (Lipinski definition) is 0. The van der Waals surface area contributed by atoms with Crippen LogP contribution in [0.1, 0.15) is 32.4 Å². The Labute approximate surface area is 182 Å². The molecular formula is C22H21N3O5S. The molecule has 8 nitrogen and oxygen atoms in total. The number of aryl methyl sites for hydroxylation is 1. The van der Waals surface area contributed by atoms with Gasteiger partial charge in [-0.2, -0.15) is 0 Å². The van der Waals surface area contributed by atoms with Crippen molar-refractivity contribution in [2.75, 3.05) is 13.1 Å². The highest BCUT2D eigenvalue weighted by Gasteiger charge is 2.45. The maximum Gasteiger partial charge on any atom is 0.334 e. The topological polar surface area (TPSA) is 92.8 Å². The minimum Gasteiger partial charge on any atom is -0.467 e. The molecule has 1 saturated heterocycles. The van der Waals surface area contributed by atoms with Crippen molar-refractivity contribution in [2.45, 2.75) is 26.8 Å². The SMILES string of the molecule is Cc1cc(C(=O)CN2C(=O)C(=O)N(CCc3cccs3)C2=O)c(C)n1Cc1ccco1. The second-order valence-corrected chi connectivity index (χ2v) is 8.37. The van der Waals surface area contributed by atoms with E-state index in [1.54, 1.807) is 25.3 Å². The fraction of sp³-hybridized carbons (Fsp3) is 0.273. The van der Waals surface area contributed by atoms with E-state index >= 15 is 0 Å². The molecule has 4 amide bonds. The van der Waals surface area contributed by atoms with Crippen LogP contribution >= 0.6 is 11.3 Å². The summed E-state index contributed by atoms with van der Waals surface area (Å²) in [4.78, 5) is 52.9. The molecule has 3 aromatic heterocycles. The molecule has 0 saturated carbocycles. The van der Waals surface area contributed by atoms with Crippen molar-refractivity contribution in [1.29, 1.82) is 0 Å². The molecule has 0 spiro atoms. The third-order valence-corrected chi connectivity index (χ3v) is 6.30. The molecule has 0 N–H and O–H groups in total. The molecule has 4 rings (SSSR count). The van der Waals surface area contributed by atoms with E-state index in [4.69, 9.17) is 4.42 Å². The molecule has 1 aliphatic heterocycles. The quantitative estimate of drug-likeness (QED) is 0.306. The van der Waals surface area contributed by atoms with Gasteiger partial charge in [-0.1, -0.05) is 6.07 Å². The maximum absolute atomic E-state index is 12.9. The van der Waals surface area contributed by atoms with Gasteiger partial charge < -0.3 is 8.98 Å². The summed E-state index contributed by atoms with van der Waals surface area (Å²) in [7, 11) is 0. The highest BCUT2D eigenvalue weighted by molar-refractivity contribution is 7.09. The summed E-state index contributed by atoms with van der Waals surface area (Å²) in [5, 5.41) is 1.90. The molecule has 0 aromatic carbocycles. The molecule has 9 heteroatoms. The van der Waals surface area contributed by atoms with Crippen LogP contribution in [0.25, 0.3) is 0 Å². The standard InChI is InChI=1S/C22H21N3O5S/c1-14-11-18(15(2)24(14)12-16-5-3-9-30-16)19(26)13-25-21(28)20(27)23(22(25)29)8-7-17-6-4-10-31-17/h3-6,9-11H,7-8,12-13H2,1-2H3. The number of furan rings is 1. The van der Waals surface area contributed by atoms with Gasteiger partial charge in [0.05, 0.1) is 19.4 Å². The molecule has 0 bridgehead atoms. The zero-order valence-corrected chi connectivity index (χ0v) is 18.0. The van der Waals surface area contributed by atoms with Crippen LogP contribution in [0.2, 0.25) is 0 Å². The molecule has 0 unspecified atom stereocenters. The van der Waals surface area contributed by atoms with E-state index in [0.717, 1.165) is 26.1 Å². The number of ketones is 1. The zero-order valence-electron chi connectivity index (χ0n) is 17.2. The van der Waals surface area contributed by atoms with Gasteiger partial charge in [-0.05, 0) is 43.5 Å². The first-order valence-corrected chi connectivity index (χ1v) is 10.7. The van der Waals surface area contributed by atoms with Crippen molar-refractivity contribution in [1.82, 2.24) is 14.4 Å². The van der Waals surface area contributed by atoms with Crippen molar-refractivity contribution in [3.8, 4) is 0 Å². The first kappa shape index (κ1) is 20.8. The Balaban J connectivity index is 1.47. The Morgan fingerprint density at radius 1 is 1.06 bits per heavy atom. The molecule has 0 radical (unpaired) electrons. The fourth-order valence-electron chi connectivity index (χ4n) is 3.68. The van der Waals surface area contributed by atoms with Gasteiger partial charge in [-0.25, -0.2) is 9.69 Å². The van der Waals surface area contributed by atoms with E-state index in [1.807, 2.05) is 35.1 Å². The van der Waals surface area contributed by atoms with Crippen molar-refractivity contribution >= 4 is 35.0 Å². The second kappa shape index (κ2) is 8.35. The fourth-order valence-corrected chi connectivity index (χ4v) is 4.38. The lowest BCUT2D eigenvalue weighted by atomic mass is 10.1. The van der Waals surface area contributed by atoms with Gasteiger partial charge in [-0.3, -0.25) is 19.3 Å². The summed E-state index contributed by atoms with van der Waals surface area (Å²) in [6.07, 6.45) is 2.06. The Morgan fingerprint density at radius 3 is 2.52 bits per heavy atom. The van der Waals surface area contributed by atoms with Crippen LogP contribution in [0.4, 0.5) is 4.79 Å². The molecular weight excluding hydrogens is 418 g/mol. The average molecular weight is 439 g/mol. The molecule has 0 atom stereocenters. The number of urea groups is 1. The van der Waals surface area contributed by atoms with E-state index < -0.39 is 30.2 Å². The number of amides is 4. The van der Waals surface area contributed by atoms with Gasteiger partial charge in [0.1, 0.15) is 5.76 Å². The number of carbonyl (C=O) groups excluding carboxylic acids is 4. The van der Waals surface area contributed by atoms with E-state index in [0.29, 0.717) is 24.2 Å². The monoisotopic (exact) mass is 439 g/mol. The molecule has 4 heterocycles. The Bertz CT molecular complexity index is 1140. The normalized spacial score (nSPS) is 14.2. The number of thiophene rings is 1. The number of hydrogen-bond acceptors (Lipinski definition) is 6. The van der Waals surface area contributed by atoms with Crippen molar-refractivity contribution in [3.05, 3.63) is 69.6 Å². The van der Waals surface area contributed by atoms with Crippen LogP contribution in [0.15, 0.2) is 46.4 Å². The molecule has 3 aromatic rings. The van der Waals surface area contributed by atoms with Gasteiger partial charge >= 0.3 is 17.8 Å². The summed E-state index contributed by atoms with van der Waals surface area (Å²) in [5.74, 6) is -1.50. The predicted octanol–water partition coefficient (Wildman–Crippen LogP) is 3.02. The first-order chi connectivity index (χ1) is 14.9. The molecule has 160 valence electrons. The second-order valence-electron chi connectivity index (χ2n) is 7.33. The van der Waals surface area contributed by atoms with Gasteiger partial charge in [0.2, 0.25) is 0 Å². The van der Waals surface area contributed by atoms with Crippen LogP contribution in [-0.4, -0.2) is 51.1 Å². The number of imide groups is 2. The smallest absolute Gasteiger partial charge is 0.334 e. The summed E-state index contributed by atoms with van der Waals surface area (Å²) in [6, 6.07) is 8.40. The number of aromatic nitrogens is 1. The highest BCUT2D eigenvalue weighted by atomic mass is 32.1. The van der Waals surface area contributed by atoms with Crippen LogP contribution in [0, 0.1) is 13.8 Å². The van der Waals surface area contributed by atoms with E-state index in [9.17, 15) is 19.2 Å². The summed E-state index contributed by atoms with van der Waals surface area (Å²) >= 11 is 1.51. The van der Waals surface area contributed by atoms with Gasteiger partial charge in [0.15, 0.2) is 5.78 Å². The van der Waals surface area contributed by atoms with Crippen molar-refractivity contribution in [3.63, 3.8) is 0 Å². The van der Waals surface area contributed by atoms with E-state index in [-0.39, 0.29) is 6.54 Å². The van der Waals surface area contributed by atoms with Crippen LogP contribution in [0.5, 0.6) is 0 Å². The summed E-state index contributed by atoms with van der Waals surface area (Å²) < 4.78 is 7.31. The number of rotatable bonds is 8. The third-order valence-electron chi connectivity index (χ3n) is 5.37. The Kier molecular flexibility index (Phi) is 5.60. The highest BCUT2D eigenvalue weighted by Crippen LogP contribution is 2.20. The van der Waals surface area contributed by atoms with Crippen molar-refractivity contribution in [2.24, 2.45) is 0 Å². The lowest BCUT2D eigenvalue weighted by Crippen LogP contribution is -2.37. The maximum atomic E-state index is 12.9. The third kappa shape index (κ3) is 3.96. The van der Waals surface area contributed by atoms with E-state index in [1.165, 1.54) is 11.3 Å². The summed E-state index contributed by atoms with van der Waals surface area (Å²) in [5.41, 5.74) is 1.97. The predicted molar refractivity (Wildman–Crippen MR) is 113 cm³/mol. The van der Waals surface area contributed by atoms with E-state index in [2.05, 4.69) is 0 Å². The Morgan fingerprint density at radius 2 is 1.84 bits per heavy atom. The van der Waals surface area contributed by atoms with Gasteiger partial charge in [-0.15, -0.1) is 11.3 Å². The number of nitrogens with zero attached hydrogens (tertiary/aromatic N) is 3. The van der Waals surface area contributed by atoms with Crippen LogP contribution in [0.3, 0.4) is 0 Å². The Hall–Kier alpha value is -3.46. The largest absolute Gasteiger partial charge is 0.467 e. The van der Waals surface area contributed by atoms with Crippen LogP contribution in [-0.2, 0) is 22.6 Å². The molecule has 0 aliphatic carbocycles. The average Bonchev–Trinajstić information content (AvgIpc) is 3.52. The molecule has 1 aliphatic rings. The lowest BCUT2D eigenvalue weighted by Gasteiger charge is -2.15. The minimum atomic E-state index is -0.964. The minimum absolute atomic E-state index is 0.103. The van der Waals surface area contributed by atoms with Gasteiger partial charge in [0, 0.05) is 34.8 Å². The zero-order chi connectivity index (χ0) is 22.1. The van der Waals surface area contributed by atoms with Gasteiger partial charge in [0.25, 0.3) is 0 Å². The lowest BCUT2D eigenvalue weighted by molar-refractivity contribution is -0.143. The molecule has 31 heavy (non-hydrogen) atoms.